The second-order valence-electron chi connectivity index (χ2n) is 6.65. The molecule has 1 saturated heterocycles. The molecule has 27 heavy (non-hydrogen) atoms. The van der Waals surface area contributed by atoms with Crippen LogP contribution in [0.25, 0.3) is 0 Å². The van der Waals surface area contributed by atoms with Crippen molar-refractivity contribution in [2.45, 2.75) is 30.6 Å². The molecule has 1 atom stereocenters. The van der Waals surface area contributed by atoms with Gasteiger partial charge in [-0.05, 0) is 67.7 Å². The molecule has 0 aromatic heterocycles. The Morgan fingerprint density at radius 2 is 1.96 bits per heavy atom. The lowest BCUT2D eigenvalue weighted by Crippen LogP contribution is -2.20. The average molecular weight is 406 g/mol. The van der Waals surface area contributed by atoms with Gasteiger partial charge in [0.05, 0.1) is 16.5 Å². The van der Waals surface area contributed by atoms with Crippen molar-refractivity contribution in [3.05, 3.63) is 59.7 Å². The largest absolute Gasteiger partial charge is 0.303 e. The van der Waals surface area contributed by atoms with E-state index < -0.39 is 10.0 Å². The van der Waals surface area contributed by atoms with E-state index in [1.54, 1.807) is 12.1 Å². The van der Waals surface area contributed by atoms with Crippen molar-refractivity contribution in [1.29, 1.82) is 5.26 Å². The van der Waals surface area contributed by atoms with Crippen LogP contribution in [0.3, 0.4) is 0 Å². The van der Waals surface area contributed by atoms with E-state index in [1.165, 1.54) is 24.1 Å². The number of rotatable bonds is 6. The van der Waals surface area contributed by atoms with Crippen molar-refractivity contribution in [1.82, 2.24) is 4.90 Å². The fraction of sp³-hybridized carbons (Fsp3) is 0.350. The fourth-order valence-corrected chi connectivity index (χ4v) is 4.50. The first-order valence-electron chi connectivity index (χ1n) is 8.87. The number of hydrogen-bond acceptors (Lipinski definition) is 4. The third-order valence-corrected chi connectivity index (χ3v) is 6.10. The lowest BCUT2D eigenvalue weighted by molar-refractivity contribution is 0.335. The van der Waals surface area contributed by atoms with Gasteiger partial charge in [-0.2, -0.15) is 5.26 Å². The number of benzene rings is 2. The van der Waals surface area contributed by atoms with Gasteiger partial charge in [-0.3, -0.25) is 4.72 Å². The zero-order chi connectivity index (χ0) is 18.6. The second kappa shape index (κ2) is 9.23. The number of anilines is 1. The number of halogens is 1. The first kappa shape index (κ1) is 21.2. The van der Waals surface area contributed by atoms with Crippen LogP contribution in [0.4, 0.5) is 5.69 Å². The van der Waals surface area contributed by atoms with Crippen molar-refractivity contribution in [2.75, 3.05) is 24.4 Å². The molecule has 0 spiro atoms. The highest BCUT2D eigenvalue weighted by Crippen LogP contribution is 2.28. The van der Waals surface area contributed by atoms with E-state index in [1.807, 2.05) is 30.3 Å². The molecule has 144 valence electrons. The lowest BCUT2D eigenvalue weighted by Gasteiger charge is -2.15. The topological polar surface area (TPSA) is 73.2 Å². The van der Waals surface area contributed by atoms with E-state index in [4.69, 9.17) is 5.26 Å². The van der Waals surface area contributed by atoms with Crippen LogP contribution in [-0.2, 0) is 10.0 Å². The number of likely N-dealkylation sites (tertiary alicyclic amines) is 1. The van der Waals surface area contributed by atoms with E-state index in [-0.39, 0.29) is 17.3 Å². The van der Waals surface area contributed by atoms with Crippen molar-refractivity contribution in [3.63, 3.8) is 0 Å². The maximum atomic E-state index is 12.5. The maximum absolute atomic E-state index is 12.5. The third kappa shape index (κ3) is 5.23. The van der Waals surface area contributed by atoms with Gasteiger partial charge in [0.15, 0.2) is 0 Å². The summed E-state index contributed by atoms with van der Waals surface area (Å²) in [6.07, 6.45) is 2.31. The van der Waals surface area contributed by atoms with E-state index in [2.05, 4.69) is 16.5 Å². The van der Waals surface area contributed by atoms with Crippen molar-refractivity contribution >= 4 is 28.1 Å². The molecule has 0 radical (unpaired) electrons. The zero-order valence-corrected chi connectivity index (χ0v) is 16.9. The molecule has 0 bridgehead atoms. The van der Waals surface area contributed by atoms with Gasteiger partial charge in [0.1, 0.15) is 0 Å². The fourth-order valence-electron chi connectivity index (χ4n) is 3.39. The molecule has 1 N–H and O–H groups in total. The summed E-state index contributed by atoms with van der Waals surface area (Å²) in [7, 11) is -3.70. The molecule has 5 nitrogen and oxygen atoms in total. The summed E-state index contributed by atoms with van der Waals surface area (Å²) in [5.41, 5.74) is 2.10. The Bertz CT molecular complexity index is 908. The second-order valence-corrected chi connectivity index (χ2v) is 8.34. The Kier molecular flexibility index (Phi) is 7.25. The average Bonchev–Trinajstić information content (AvgIpc) is 3.11. The summed E-state index contributed by atoms with van der Waals surface area (Å²) in [6, 6.07) is 15.6. The molecule has 3 rings (SSSR count). The number of nitrogens with one attached hydrogen (secondary N) is 1. The lowest BCUT2D eigenvalue weighted by atomic mass is 9.98. The van der Waals surface area contributed by atoms with Crippen LogP contribution in [0.5, 0.6) is 0 Å². The molecule has 1 aliphatic rings. The van der Waals surface area contributed by atoms with E-state index in [0.29, 0.717) is 17.2 Å². The van der Waals surface area contributed by atoms with Crippen molar-refractivity contribution in [3.8, 4) is 6.07 Å². The highest BCUT2D eigenvalue weighted by molar-refractivity contribution is 7.92. The first-order chi connectivity index (χ1) is 12.5. The summed E-state index contributed by atoms with van der Waals surface area (Å²) >= 11 is 0. The van der Waals surface area contributed by atoms with Crippen LogP contribution in [-0.4, -0.2) is 33.0 Å². The van der Waals surface area contributed by atoms with Gasteiger partial charge in [-0.25, -0.2) is 8.42 Å². The monoisotopic (exact) mass is 405 g/mol. The van der Waals surface area contributed by atoms with E-state index in [0.717, 1.165) is 26.1 Å². The van der Waals surface area contributed by atoms with Gasteiger partial charge in [0.2, 0.25) is 0 Å². The number of hydrogen-bond donors (Lipinski definition) is 1. The summed E-state index contributed by atoms with van der Waals surface area (Å²) < 4.78 is 27.6. The summed E-state index contributed by atoms with van der Waals surface area (Å²) in [4.78, 5) is 2.57. The van der Waals surface area contributed by atoms with Crippen molar-refractivity contribution < 1.29 is 8.42 Å². The minimum absolute atomic E-state index is 0. The minimum Gasteiger partial charge on any atom is -0.303 e. The molecule has 7 heteroatoms. The highest BCUT2D eigenvalue weighted by atomic mass is 35.5. The molecule has 2 aromatic carbocycles. The molecule has 0 saturated carbocycles. The summed E-state index contributed by atoms with van der Waals surface area (Å²) in [5, 5.41) is 8.94. The van der Waals surface area contributed by atoms with E-state index >= 15 is 0 Å². The number of nitrogens with zero attached hydrogens (tertiary/aromatic N) is 2. The Balaban J connectivity index is 0.00000261. The highest BCUT2D eigenvalue weighted by Gasteiger charge is 2.23. The first-order valence-corrected chi connectivity index (χ1v) is 10.4. The molecular weight excluding hydrogens is 382 g/mol. The smallest absolute Gasteiger partial charge is 0.261 e. The van der Waals surface area contributed by atoms with Crippen LogP contribution in [0, 0.1) is 11.3 Å². The number of sulfonamides is 1. The van der Waals surface area contributed by atoms with Gasteiger partial charge < -0.3 is 4.90 Å². The molecule has 1 aliphatic heterocycles. The van der Waals surface area contributed by atoms with E-state index in [9.17, 15) is 8.42 Å². The SMILES string of the molecule is CCCN1CCC(c2ccc(NS(=O)(=O)c3cccc(C#N)c3)cc2)C1.Cl. The molecule has 0 aliphatic carbocycles. The Labute approximate surface area is 167 Å². The predicted molar refractivity (Wildman–Crippen MR) is 110 cm³/mol. The molecule has 0 amide bonds. The molecule has 1 unspecified atom stereocenters. The van der Waals surface area contributed by atoms with Gasteiger partial charge in [0.25, 0.3) is 10.0 Å². The van der Waals surface area contributed by atoms with Crippen molar-refractivity contribution in [2.24, 2.45) is 0 Å². The summed E-state index contributed by atoms with van der Waals surface area (Å²) in [5.74, 6) is 0.513. The number of nitriles is 1. The molecule has 1 fully saturated rings. The molecule has 1 heterocycles. The summed E-state index contributed by atoms with van der Waals surface area (Å²) in [6.45, 7) is 5.53. The minimum atomic E-state index is -3.70. The third-order valence-electron chi connectivity index (χ3n) is 4.72. The van der Waals surface area contributed by atoms with Crippen LogP contribution in [0.1, 0.15) is 36.8 Å². The Morgan fingerprint density at radius 3 is 2.63 bits per heavy atom. The van der Waals surface area contributed by atoms with Crippen LogP contribution in [0.2, 0.25) is 0 Å². The molecular formula is C20H24ClN3O2S. The van der Waals surface area contributed by atoms with Gasteiger partial charge in [-0.1, -0.05) is 25.1 Å². The van der Waals surface area contributed by atoms with Gasteiger partial charge >= 0.3 is 0 Å². The van der Waals surface area contributed by atoms with Crippen LogP contribution in [0.15, 0.2) is 53.4 Å². The Hall–Kier alpha value is -2.07. The van der Waals surface area contributed by atoms with Gasteiger partial charge in [-0.15, -0.1) is 12.4 Å². The van der Waals surface area contributed by atoms with Crippen LogP contribution >= 0.6 is 12.4 Å². The quantitative estimate of drug-likeness (QED) is 0.788. The van der Waals surface area contributed by atoms with Crippen LogP contribution < -0.4 is 4.72 Å². The Morgan fingerprint density at radius 1 is 1.22 bits per heavy atom. The maximum Gasteiger partial charge on any atom is 0.261 e. The zero-order valence-electron chi connectivity index (χ0n) is 15.3. The van der Waals surface area contributed by atoms with Gasteiger partial charge in [0, 0.05) is 12.2 Å². The standard InChI is InChI=1S/C20H23N3O2S.ClH/c1-2-11-23-12-10-18(15-23)17-6-8-19(9-7-17)22-26(24,25)20-5-3-4-16(13-20)14-21;/h3-9,13,18,22H,2,10-12,15H2,1H3;1H. The molecule has 2 aromatic rings. The predicted octanol–water partition coefficient (Wildman–Crippen LogP) is 3.98. The normalized spacial score (nSPS) is 17.1.